The zero-order valence-corrected chi connectivity index (χ0v) is 13.8. The van der Waals surface area contributed by atoms with Gasteiger partial charge in [-0.25, -0.2) is 8.78 Å². The molecule has 1 fully saturated rings. The number of carboxylic acids is 1. The van der Waals surface area contributed by atoms with Gasteiger partial charge < -0.3 is 15.3 Å². The number of halogens is 2. The maximum absolute atomic E-state index is 13.1. The van der Waals surface area contributed by atoms with Gasteiger partial charge >= 0.3 is 5.97 Å². The molecule has 0 aromatic heterocycles. The first-order valence-corrected chi connectivity index (χ1v) is 8.00. The van der Waals surface area contributed by atoms with Crippen LogP contribution in [-0.2, 0) is 14.4 Å². The summed E-state index contributed by atoms with van der Waals surface area (Å²) in [6.07, 6.45) is 2.04. The molecule has 0 heterocycles. The number of benzene rings is 1. The molecule has 0 saturated heterocycles. The molecule has 136 valence electrons. The lowest BCUT2D eigenvalue weighted by Crippen LogP contribution is -2.40. The van der Waals surface area contributed by atoms with Crippen molar-refractivity contribution in [3.63, 3.8) is 0 Å². The Hall–Kier alpha value is -2.51. The summed E-state index contributed by atoms with van der Waals surface area (Å²) in [5.74, 6) is -4.41. The van der Waals surface area contributed by atoms with Crippen molar-refractivity contribution in [2.45, 2.75) is 25.7 Å². The van der Waals surface area contributed by atoms with Crippen LogP contribution in [0.15, 0.2) is 18.2 Å². The van der Waals surface area contributed by atoms with Crippen LogP contribution in [-0.4, -0.2) is 41.4 Å². The average Bonchev–Trinajstić information content (AvgIpc) is 2.52. The van der Waals surface area contributed by atoms with Crippen LogP contribution in [0.2, 0.25) is 0 Å². The van der Waals surface area contributed by atoms with Gasteiger partial charge in [-0.3, -0.25) is 14.4 Å². The van der Waals surface area contributed by atoms with E-state index in [0.717, 1.165) is 12.1 Å². The summed E-state index contributed by atoms with van der Waals surface area (Å²) in [5, 5.41) is 11.4. The zero-order valence-electron chi connectivity index (χ0n) is 13.8. The number of carbonyl (C=O) groups excluding carboxylic acids is 2. The van der Waals surface area contributed by atoms with Crippen molar-refractivity contribution in [1.82, 2.24) is 4.90 Å². The average molecular weight is 354 g/mol. The molecule has 6 nitrogen and oxygen atoms in total. The summed E-state index contributed by atoms with van der Waals surface area (Å²) in [6, 6.07) is 2.63. The number of hydrogen-bond acceptors (Lipinski definition) is 3. The van der Waals surface area contributed by atoms with Crippen LogP contribution in [0.5, 0.6) is 0 Å². The molecule has 8 heteroatoms. The van der Waals surface area contributed by atoms with Crippen molar-refractivity contribution in [3.05, 3.63) is 29.8 Å². The van der Waals surface area contributed by atoms with Crippen molar-refractivity contribution in [1.29, 1.82) is 0 Å². The van der Waals surface area contributed by atoms with Gasteiger partial charge in [0.05, 0.1) is 12.5 Å². The molecule has 0 spiro atoms. The van der Waals surface area contributed by atoms with Gasteiger partial charge in [0.1, 0.15) is 11.6 Å². The van der Waals surface area contributed by atoms with Gasteiger partial charge in [0.2, 0.25) is 11.8 Å². The van der Waals surface area contributed by atoms with Crippen molar-refractivity contribution < 1.29 is 28.3 Å². The summed E-state index contributed by atoms with van der Waals surface area (Å²) in [5.41, 5.74) is -0.0352. The molecular weight excluding hydrogens is 334 g/mol. The van der Waals surface area contributed by atoms with Crippen molar-refractivity contribution in [3.8, 4) is 0 Å². The number of carboxylic acid groups (broad SMARTS) is 1. The molecular formula is C17H20F2N2O4. The lowest BCUT2D eigenvalue weighted by atomic mass is 9.81. The third kappa shape index (κ3) is 5.23. The van der Waals surface area contributed by atoms with E-state index in [0.29, 0.717) is 25.3 Å². The minimum Gasteiger partial charge on any atom is -0.481 e. The number of amides is 2. The van der Waals surface area contributed by atoms with Gasteiger partial charge in [0, 0.05) is 24.7 Å². The van der Waals surface area contributed by atoms with Crippen LogP contribution < -0.4 is 5.32 Å². The molecule has 1 aliphatic carbocycles. The third-order valence-electron chi connectivity index (χ3n) is 4.28. The third-order valence-corrected chi connectivity index (χ3v) is 4.28. The first-order valence-electron chi connectivity index (χ1n) is 8.00. The van der Waals surface area contributed by atoms with Crippen LogP contribution in [0.4, 0.5) is 14.5 Å². The summed E-state index contributed by atoms with van der Waals surface area (Å²) >= 11 is 0. The van der Waals surface area contributed by atoms with Crippen molar-refractivity contribution in [2.75, 3.05) is 18.9 Å². The Labute approximate surface area is 143 Å². The molecule has 0 radical (unpaired) electrons. The van der Waals surface area contributed by atoms with Crippen LogP contribution >= 0.6 is 0 Å². The maximum atomic E-state index is 13.1. The highest BCUT2D eigenvalue weighted by Gasteiger charge is 2.32. The Bertz CT molecular complexity index is 660. The van der Waals surface area contributed by atoms with Crippen LogP contribution in [0.3, 0.4) is 0 Å². The molecule has 1 saturated carbocycles. The van der Waals surface area contributed by atoms with Crippen molar-refractivity contribution >= 4 is 23.5 Å². The number of likely N-dealkylation sites (N-methyl/N-ethyl adjacent to an activating group) is 1. The molecule has 2 rings (SSSR count). The van der Waals surface area contributed by atoms with E-state index >= 15 is 0 Å². The minimum absolute atomic E-state index is 0.0352. The normalized spacial score (nSPS) is 20.0. The van der Waals surface area contributed by atoms with E-state index in [9.17, 15) is 23.2 Å². The smallest absolute Gasteiger partial charge is 0.306 e. The van der Waals surface area contributed by atoms with E-state index in [4.69, 9.17) is 5.11 Å². The second kappa shape index (κ2) is 8.04. The fourth-order valence-electron chi connectivity index (χ4n) is 3.07. The standard InChI is InChI=1S/C17H20F2N2O4/c1-21(16(23)10-3-2-4-11(5-10)17(24)25)9-15(22)20-14-7-12(18)6-13(19)8-14/h6-8,10-11H,2-5,9H2,1H3,(H,20,22)(H,24,25). The fourth-order valence-corrected chi connectivity index (χ4v) is 3.07. The van der Waals surface area contributed by atoms with E-state index in [1.165, 1.54) is 11.9 Å². The highest BCUT2D eigenvalue weighted by atomic mass is 19.1. The molecule has 0 aliphatic heterocycles. The molecule has 1 aromatic rings. The highest BCUT2D eigenvalue weighted by Crippen LogP contribution is 2.30. The summed E-state index contributed by atoms with van der Waals surface area (Å²) in [4.78, 5) is 36.6. The highest BCUT2D eigenvalue weighted by molar-refractivity contribution is 5.94. The van der Waals surface area contributed by atoms with Crippen molar-refractivity contribution in [2.24, 2.45) is 11.8 Å². The molecule has 1 aliphatic rings. The molecule has 0 bridgehead atoms. The fraction of sp³-hybridized carbons (Fsp3) is 0.471. The van der Waals surface area contributed by atoms with E-state index in [2.05, 4.69) is 5.32 Å². The zero-order chi connectivity index (χ0) is 18.6. The molecule has 2 amide bonds. The second-order valence-electron chi connectivity index (χ2n) is 6.30. The molecule has 25 heavy (non-hydrogen) atoms. The quantitative estimate of drug-likeness (QED) is 0.849. The van der Waals surface area contributed by atoms with Gasteiger partial charge in [-0.1, -0.05) is 6.42 Å². The second-order valence-corrected chi connectivity index (χ2v) is 6.30. The Morgan fingerprint density at radius 1 is 1.16 bits per heavy atom. The predicted octanol–water partition coefficient (Wildman–Crippen LogP) is 2.25. The number of carbonyl (C=O) groups is 3. The van der Waals surface area contributed by atoms with E-state index < -0.39 is 35.3 Å². The Morgan fingerprint density at radius 3 is 2.36 bits per heavy atom. The number of anilines is 1. The van der Waals surface area contributed by atoms with Gasteiger partial charge in [-0.05, 0) is 31.4 Å². The Kier molecular flexibility index (Phi) is 6.06. The Balaban J connectivity index is 1.91. The van der Waals surface area contributed by atoms with Crippen LogP contribution in [0, 0.1) is 23.5 Å². The van der Waals surface area contributed by atoms with Crippen LogP contribution in [0.25, 0.3) is 0 Å². The number of rotatable bonds is 5. The van der Waals surface area contributed by atoms with Crippen LogP contribution in [0.1, 0.15) is 25.7 Å². The number of nitrogens with zero attached hydrogens (tertiary/aromatic N) is 1. The topological polar surface area (TPSA) is 86.7 Å². The minimum atomic E-state index is -0.911. The predicted molar refractivity (Wildman–Crippen MR) is 85.7 cm³/mol. The first-order chi connectivity index (χ1) is 11.8. The molecule has 2 unspecified atom stereocenters. The van der Waals surface area contributed by atoms with Gasteiger partial charge in [-0.15, -0.1) is 0 Å². The summed E-state index contributed by atoms with van der Waals surface area (Å²) < 4.78 is 26.2. The maximum Gasteiger partial charge on any atom is 0.306 e. The van der Waals surface area contributed by atoms with Gasteiger partial charge in [0.15, 0.2) is 0 Å². The SMILES string of the molecule is CN(CC(=O)Nc1cc(F)cc(F)c1)C(=O)C1CCCC(C(=O)O)C1. The van der Waals surface area contributed by atoms with E-state index in [1.807, 2.05) is 0 Å². The van der Waals surface area contributed by atoms with E-state index in [-0.39, 0.29) is 24.6 Å². The van der Waals surface area contributed by atoms with Gasteiger partial charge in [-0.2, -0.15) is 0 Å². The summed E-state index contributed by atoms with van der Waals surface area (Å²) in [6.45, 7) is -0.287. The number of aliphatic carboxylic acids is 1. The molecule has 2 atom stereocenters. The van der Waals surface area contributed by atoms with E-state index in [1.54, 1.807) is 0 Å². The lowest BCUT2D eigenvalue weighted by molar-refractivity contribution is -0.145. The number of nitrogens with one attached hydrogen (secondary N) is 1. The largest absolute Gasteiger partial charge is 0.481 e. The summed E-state index contributed by atoms with van der Waals surface area (Å²) in [7, 11) is 1.44. The first kappa shape index (κ1) is 18.8. The monoisotopic (exact) mass is 354 g/mol. The lowest BCUT2D eigenvalue weighted by Gasteiger charge is -2.29. The Morgan fingerprint density at radius 2 is 1.76 bits per heavy atom. The van der Waals surface area contributed by atoms with Gasteiger partial charge in [0.25, 0.3) is 0 Å². The molecule has 1 aromatic carbocycles. The number of hydrogen-bond donors (Lipinski definition) is 2. The molecule has 2 N–H and O–H groups in total.